The highest BCUT2D eigenvalue weighted by Gasteiger charge is 2.02. The van der Waals surface area contributed by atoms with Gasteiger partial charge in [0.2, 0.25) is 0 Å². The lowest BCUT2D eigenvalue weighted by atomic mass is 10.2. The molecule has 1 aromatic heterocycles. The van der Waals surface area contributed by atoms with Crippen molar-refractivity contribution < 1.29 is 13.9 Å². The number of anilines is 2. The second-order valence-corrected chi connectivity index (χ2v) is 4.06. The lowest BCUT2D eigenvalue weighted by molar-refractivity contribution is 0.187. The van der Waals surface area contributed by atoms with E-state index in [0.717, 1.165) is 17.2 Å². The second kappa shape index (κ2) is 5.95. The van der Waals surface area contributed by atoms with Crippen molar-refractivity contribution in [1.82, 2.24) is 0 Å². The summed E-state index contributed by atoms with van der Waals surface area (Å²) in [4.78, 5) is 11.1. The van der Waals surface area contributed by atoms with Crippen LogP contribution in [0.1, 0.15) is 11.5 Å². The summed E-state index contributed by atoms with van der Waals surface area (Å²) < 4.78 is 10.0. The van der Waals surface area contributed by atoms with Crippen LogP contribution in [0.3, 0.4) is 0 Å². The van der Waals surface area contributed by atoms with Gasteiger partial charge in [0.1, 0.15) is 11.5 Å². The van der Waals surface area contributed by atoms with Crippen molar-refractivity contribution >= 4 is 17.5 Å². The minimum absolute atomic E-state index is 0.487. The molecule has 1 amide bonds. The van der Waals surface area contributed by atoms with Crippen LogP contribution >= 0.6 is 0 Å². The second-order valence-electron chi connectivity index (χ2n) is 4.06. The first kappa shape index (κ1) is 13.0. The molecule has 19 heavy (non-hydrogen) atoms. The van der Waals surface area contributed by atoms with Crippen LogP contribution < -0.4 is 10.6 Å². The number of ether oxygens (including phenoxy) is 1. The van der Waals surface area contributed by atoms with Crippen LogP contribution in [0.4, 0.5) is 16.2 Å². The van der Waals surface area contributed by atoms with Crippen molar-refractivity contribution in [2.75, 3.05) is 17.7 Å². The van der Waals surface area contributed by atoms with Gasteiger partial charge in [-0.3, -0.25) is 5.32 Å². The summed E-state index contributed by atoms with van der Waals surface area (Å²) in [5.41, 5.74) is 1.57. The molecule has 100 valence electrons. The highest BCUT2D eigenvalue weighted by atomic mass is 16.5. The van der Waals surface area contributed by atoms with Crippen molar-refractivity contribution in [3.8, 4) is 0 Å². The molecule has 0 radical (unpaired) electrons. The number of hydrogen-bond donors (Lipinski definition) is 2. The van der Waals surface area contributed by atoms with E-state index in [4.69, 9.17) is 4.42 Å². The Labute approximate surface area is 111 Å². The van der Waals surface area contributed by atoms with Gasteiger partial charge in [-0.1, -0.05) is 6.07 Å². The van der Waals surface area contributed by atoms with Gasteiger partial charge in [0.15, 0.2) is 0 Å². The van der Waals surface area contributed by atoms with Crippen LogP contribution in [0.25, 0.3) is 0 Å². The average molecular weight is 260 g/mol. The average Bonchev–Trinajstić information content (AvgIpc) is 2.82. The third-order valence-corrected chi connectivity index (χ3v) is 2.56. The van der Waals surface area contributed by atoms with Gasteiger partial charge < -0.3 is 14.5 Å². The molecule has 1 heterocycles. The number of amides is 1. The van der Waals surface area contributed by atoms with E-state index in [9.17, 15) is 4.79 Å². The maximum Gasteiger partial charge on any atom is 0.411 e. The summed E-state index contributed by atoms with van der Waals surface area (Å²) in [6.45, 7) is 2.50. The highest BCUT2D eigenvalue weighted by Crippen LogP contribution is 2.16. The molecule has 2 N–H and O–H groups in total. The smallest absolute Gasteiger partial charge is 0.411 e. The first-order chi connectivity index (χ1) is 9.17. The standard InChI is InChI=1S/C14H16N2O3/c1-10-6-7-13(19-10)9-15-11-4-3-5-12(8-11)16-14(17)18-2/h3-8,15H,9H2,1-2H3,(H,16,17). The zero-order valence-electron chi connectivity index (χ0n) is 10.9. The lowest BCUT2D eigenvalue weighted by Crippen LogP contribution is -2.11. The van der Waals surface area contributed by atoms with Crippen molar-refractivity contribution in [2.24, 2.45) is 0 Å². The van der Waals surface area contributed by atoms with E-state index in [-0.39, 0.29) is 0 Å². The number of nitrogens with one attached hydrogen (secondary N) is 2. The van der Waals surface area contributed by atoms with E-state index in [1.165, 1.54) is 7.11 Å². The Hall–Kier alpha value is -2.43. The Balaban J connectivity index is 1.97. The van der Waals surface area contributed by atoms with E-state index in [1.54, 1.807) is 6.07 Å². The summed E-state index contributed by atoms with van der Waals surface area (Å²) in [6, 6.07) is 11.2. The first-order valence-electron chi connectivity index (χ1n) is 5.91. The lowest BCUT2D eigenvalue weighted by Gasteiger charge is -2.08. The van der Waals surface area contributed by atoms with E-state index in [2.05, 4.69) is 15.4 Å². The predicted octanol–water partition coefficient (Wildman–Crippen LogP) is 3.38. The molecule has 0 bridgehead atoms. The topological polar surface area (TPSA) is 63.5 Å². The number of furan rings is 1. The van der Waals surface area contributed by atoms with Gasteiger partial charge >= 0.3 is 6.09 Å². The van der Waals surface area contributed by atoms with E-state index >= 15 is 0 Å². The molecular formula is C14H16N2O3. The molecule has 5 heteroatoms. The van der Waals surface area contributed by atoms with Crippen LogP contribution in [-0.2, 0) is 11.3 Å². The Kier molecular flexibility index (Phi) is 4.07. The number of aryl methyl sites for hydroxylation is 1. The first-order valence-corrected chi connectivity index (χ1v) is 5.91. The van der Waals surface area contributed by atoms with Crippen LogP contribution in [-0.4, -0.2) is 13.2 Å². The van der Waals surface area contributed by atoms with Crippen molar-refractivity contribution in [3.05, 3.63) is 47.9 Å². The largest absolute Gasteiger partial charge is 0.465 e. The van der Waals surface area contributed by atoms with Crippen LogP contribution in [0, 0.1) is 6.92 Å². The molecular weight excluding hydrogens is 244 g/mol. The molecule has 0 saturated heterocycles. The predicted molar refractivity (Wildman–Crippen MR) is 73.2 cm³/mol. The molecule has 5 nitrogen and oxygen atoms in total. The maximum absolute atomic E-state index is 11.1. The van der Waals surface area contributed by atoms with Gasteiger partial charge in [-0.15, -0.1) is 0 Å². The van der Waals surface area contributed by atoms with E-state index in [1.807, 2.05) is 37.3 Å². The fourth-order valence-corrected chi connectivity index (χ4v) is 1.65. The van der Waals surface area contributed by atoms with Crippen molar-refractivity contribution in [1.29, 1.82) is 0 Å². The zero-order valence-corrected chi connectivity index (χ0v) is 10.9. The maximum atomic E-state index is 11.1. The zero-order chi connectivity index (χ0) is 13.7. The Morgan fingerprint density at radius 2 is 2.05 bits per heavy atom. The molecule has 0 spiro atoms. The molecule has 0 saturated carbocycles. The minimum Gasteiger partial charge on any atom is -0.465 e. The summed E-state index contributed by atoms with van der Waals surface area (Å²) in [7, 11) is 1.33. The molecule has 2 rings (SSSR count). The van der Waals surface area contributed by atoms with Gasteiger partial charge in [-0.05, 0) is 37.3 Å². The third kappa shape index (κ3) is 3.77. The minimum atomic E-state index is -0.487. The fraction of sp³-hybridized carbons (Fsp3) is 0.214. The van der Waals surface area contributed by atoms with E-state index in [0.29, 0.717) is 12.2 Å². The fourth-order valence-electron chi connectivity index (χ4n) is 1.65. The number of carbonyl (C=O) groups is 1. The van der Waals surface area contributed by atoms with Crippen LogP contribution in [0.15, 0.2) is 40.8 Å². The van der Waals surface area contributed by atoms with Gasteiger partial charge in [0.05, 0.1) is 13.7 Å². The summed E-state index contributed by atoms with van der Waals surface area (Å²) in [5.74, 6) is 1.75. The molecule has 2 aromatic rings. The Bertz CT molecular complexity index is 563. The number of benzene rings is 1. The van der Waals surface area contributed by atoms with Crippen LogP contribution in [0.5, 0.6) is 0 Å². The monoisotopic (exact) mass is 260 g/mol. The number of carbonyl (C=O) groups excluding carboxylic acids is 1. The quantitative estimate of drug-likeness (QED) is 0.884. The number of hydrogen-bond acceptors (Lipinski definition) is 4. The summed E-state index contributed by atoms with van der Waals surface area (Å²) in [6.07, 6.45) is -0.487. The molecule has 1 aromatic carbocycles. The highest BCUT2D eigenvalue weighted by molar-refractivity contribution is 5.85. The molecule has 0 fully saturated rings. The normalized spacial score (nSPS) is 10.0. The number of rotatable bonds is 4. The summed E-state index contributed by atoms with van der Waals surface area (Å²) in [5, 5.41) is 5.83. The Morgan fingerprint density at radius 3 is 2.74 bits per heavy atom. The molecule has 0 unspecified atom stereocenters. The van der Waals surface area contributed by atoms with Crippen molar-refractivity contribution in [3.63, 3.8) is 0 Å². The van der Waals surface area contributed by atoms with Gasteiger partial charge in [-0.2, -0.15) is 0 Å². The third-order valence-electron chi connectivity index (χ3n) is 2.56. The molecule has 0 atom stereocenters. The van der Waals surface area contributed by atoms with Gasteiger partial charge in [-0.25, -0.2) is 4.79 Å². The van der Waals surface area contributed by atoms with Crippen molar-refractivity contribution in [2.45, 2.75) is 13.5 Å². The van der Waals surface area contributed by atoms with Crippen LogP contribution in [0.2, 0.25) is 0 Å². The van der Waals surface area contributed by atoms with Gasteiger partial charge in [0, 0.05) is 11.4 Å². The van der Waals surface area contributed by atoms with Gasteiger partial charge in [0.25, 0.3) is 0 Å². The Morgan fingerprint density at radius 1 is 1.26 bits per heavy atom. The molecule has 0 aliphatic heterocycles. The van der Waals surface area contributed by atoms with E-state index < -0.39 is 6.09 Å². The SMILES string of the molecule is COC(=O)Nc1cccc(NCc2ccc(C)o2)c1. The molecule has 0 aliphatic rings. The number of methoxy groups -OCH3 is 1. The summed E-state index contributed by atoms with van der Waals surface area (Å²) >= 11 is 0. The molecule has 0 aliphatic carbocycles.